The molecular formula is C13H14N2O2. The first-order chi connectivity index (χ1) is 8.29. The van der Waals surface area contributed by atoms with Crippen LogP contribution in [0.5, 0.6) is 0 Å². The summed E-state index contributed by atoms with van der Waals surface area (Å²) in [5.41, 5.74) is 2.31. The molecule has 0 unspecified atom stereocenters. The van der Waals surface area contributed by atoms with Crippen molar-refractivity contribution in [3.05, 3.63) is 35.8 Å². The highest BCUT2D eigenvalue weighted by molar-refractivity contribution is 5.95. The van der Waals surface area contributed by atoms with E-state index in [-0.39, 0.29) is 5.97 Å². The summed E-state index contributed by atoms with van der Waals surface area (Å²) in [6, 6.07) is 3.59. The molecule has 0 saturated heterocycles. The van der Waals surface area contributed by atoms with Crippen molar-refractivity contribution in [2.24, 2.45) is 0 Å². The predicted molar refractivity (Wildman–Crippen MR) is 63.1 cm³/mol. The van der Waals surface area contributed by atoms with E-state index in [0.29, 0.717) is 17.1 Å². The second-order valence-corrected chi connectivity index (χ2v) is 4.44. The molecule has 2 aromatic rings. The number of hydrogen-bond donors (Lipinski definition) is 0. The van der Waals surface area contributed by atoms with Gasteiger partial charge in [0.1, 0.15) is 5.56 Å². The van der Waals surface area contributed by atoms with E-state index in [4.69, 9.17) is 4.74 Å². The molecule has 1 fully saturated rings. The first-order valence-corrected chi connectivity index (χ1v) is 5.85. The van der Waals surface area contributed by atoms with Gasteiger partial charge in [0.05, 0.1) is 12.8 Å². The van der Waals surface area contributed by atoms with E-state index in [1.807, 2.05) is 22.9 Å². The maximum Gasteiger partial charge on any atom is 0.341 e. The van der Waals surface area contributed by atoms with Gasteiger partial charge in [-0.3, -0.25) is 0 Å². The Morgan fingerprint density at radius 1 is 1.53 bits per heavy atom. The normalized spacial score (nSPS) is 15.8. The standard InChI is InChI=1S/C13H14N2O2/c1-17-13(16)10-6-3-7-15-8-11(14-12(10)15)9-4-2-5-9/h3,6-9H,2,4-5H2,1H3. The second kappa shape index (κ2) is 3.87. The van der Waals surface area contributed by atoms with Crippen LogP contribution in [0.15, 0.2) is 24.5 Å². The lowest BCUT2D eigenvalue weighted by Gasteiger charge is -2.22. The number of imidazole rings is 1. The zero-order valence-electron chi connectivity index (χ0n) is 9.72. The highest BCUT2D eigenvalue weighted by atomic mass is 16.5. The summed E-state index contributed by atoms with van der Waals surface area (Å²) in [4.78, 5) is 16.2. The average Bonchev–Trinajstić information content (AvgIpc) is 2.68. The smallest absolute Gasteiger partial charge is 0.341 e. The molecule has 0 bridgehead atoms. The van der Waals surface area contributed by atoms with Gasteiger partial charge >= 0.3 is 5.97 Å². The van der Waals surface area contributed by atoms with Gasteiger partial charge in [-0.25, -0.2) is 9.78 Å². The van der Waals surface area contributed by atoms with Gasteiger partial charge in [-0.05, 0) is 25.0 Å². The molecule has 0 atom stereocenters. The number of nitrogens with zero attached hydrogens (tertiary/aromatic N) is 2. The molecule has 1 saturated carbocycles. The SMILES string of the molecule is COC(=O)c1cccn2cc(C3CCC3)nc12. The van der Waals surface area contributed by atoms with Crippen LogP contribution in [0.1, 0.15) is 41.2 Å². The van der Waals surface area contributed by atoms with E-state index >= 15 is 0 Å². The molecule has 4 nitrogen and oxygen atoms in total. The number of ether oxygens (including phenoxy) is 1. The van der Waals surface area contributed by atoms with Crippen molar-refractivity contribution in [1.29, 1.82) is 0 Å². The van der Waals surface area contributed by atoms with Crippen LogP contribution < -0.4 is 0 Å². The van der Waals surface area contributed by atoms with E-state index in [1.165, 1.54) is 26.4 Å². The van der Waals surface area contributed by atoms with Crippen LogP contribution >= 0.6 is 0 Å². The molecule has 0 aliphatic heterocycles. The first-order valence-electron chi connectivity index (χ1n) is 5.85. The summed E-state index contributed by atoms with van der Waals surface area (Å²) in [5, 5.41) is 0. The van der Waals surface area contributed by atoms with Crippen LogP contribution in [0.2, 0.25) is 0 Å². The third-order valence-electron chi connectivity index (χ3n) is 3.43. The summed E-state index contributed by atoms with van der Waals surface area (Å²) in [6.45, 7) is 0. The summed E-state index contributed by atoms with van der Waals surface area (Å²) in [6.07, 6.45) is 7.62. The van der Waals surface area contributed by atoms with Crippen molar-refractivity contribution in [2.45, 2.75) is 25.2 Å². The lowest BCUT2D eigenvalue weighted by Crippen LogP contribution is -2.08. The molecule has 1 aliphatic carbocycles. The Morgan fingerprint density at radius 3 is 3.00 bits per heavy atom. The fraction of sp³-hybridized carbons (Fsp3) is 0.385. The van der Waals surface area contributed by atoms with Crippen LogP contribution in [0.4, 0.5) is 0 Å². The van der Waals surface area contributed by atoms with Gasteiger partial charge in [-0.1, -0.05) is 6.42 Å². The van der Waals surface area contributed by atoms with E-state index in [2.05, 4.69) is 4.98 Å². The number of carbonyl (C=O) groups is 1. The maximum atomic E-state index is 11.6. The summed E-state index contributed by atoms with van der Waals surface area (Å²) in [7, 11) is 1.39. The number of pyridine rings is 1. The van der Waals surface area contributed by atoms with Gasteiger partial charge in [0.25, 0.3) is 0 Å². The number of fused-ring (bicyclic) bond motifs is 1. The van der Waals surface area contributed by atoms with Gasteiger partial charge in [0, 0.05) is 18.3 Å². The Morgan fingerprint density at radius 2 is 2.35 bits per heavy atom. The Bertz CT molecular complexity index is 570. The predicted octanol–water partition coefficient (Wildman–Crippen LogP) is 2.39. The highest BCUT2D eigenvalue weighted by Crippen LogP contribution is 2.35. The van der Waals surface area contributed by atoms with Gasteiger partial charge in [-0.15, -0.1) is 0 Å². The number of aromatic nitrogens is 2. The van der Waals surface area contributed by atoms with E-state index in [9.17, 15) is 4.79 Å². The molecule has 0 spiro atoms. The Kier molecular flexibility index (Phi) is 2.35. The highest BCUT2D eigenvalue weighted by Gasteiger charge is 2.23. The van der Waals surface area contributed by atoms with Crippen molar-refractivity contribution in [1.82, 2.24) is 9.38 Å². The summed E-state index contributed by atoms with van der Waals surface area (Å²) in [5.74, 6) is 0.238. The van der Waals surface area contributed by atoms with E-state index in [1.54, 1.807) is 6.07 Å². The monoisotopic (exact) mass is 230 g/mol. The first kappa shape index (κ1) is 10.3. The van der Waals surface area contributed by atoms with Crippen LogP contribution in [0.25, 0.3) is 5.65 Å². The zero-order valence-corrected chi connectivity index (χ0v) is 9.72. The van der Waals surface area contributed by atoms with Crippen LogP contribution in [-0.4, -0.2) is 22.5 Å². The number of hydrogen-bond acceptors (Lipinski definition) is 3. The molecule has 17 heavy (non-hydrogen) atoms. The lowest BCUT2D eigenvalue weighted by atomic mass is 9.83. The van der Waals surface area contributed by atoms with Crippen molar-refractivity contribution in [3.8, 4) is 0 Å². The molecular weight excluding hydrogens is 216 g/mol. The summed E-state index contributed by atoms with van der Waals surface area (Å²) >= 11 is 0. The minimum Gasteiger partial charge on any atom is -0.465 e. The molecule has 88 valence electrons. The van der Waals surface area contributed by atoms with Gasteiger partial charge < -0.3 is 9.14 Å². The quantitative estimate of drug-likeness (QED) is 0.744. The van der Waals surface area contributed by atoms with E-state index in [0.717, 1.165) is 5.69 Å². The molecule has 0 N–H and O–H groups in total. The van der Waals surface area contributed by atoms with E-state index < -0.39 is 0 Å². The topological polar surface area (TPSA) is 43.6 Å². The molecule has 0 aromatic carbocycles. The van der Waals surface area contributed by atoms with Gasteiger partial charge in [0.15, 0.2) is 5.65 Å². The Balaban J connectivity index is 2.11. The molecule has 0 amide bonds. The van der Waals surface area contributed by atoms with Crippen LogP contribution in [-0.2, 0) is 4.74 Å². The minimum atomic E-state index is -0.332. The average molecular weight is 230 g/mol. The van der Waals surface area contributed by atoms with Crippen molar-refractivity contribution in [3.63, 3.8) is 0 Å². The molecule has 2 heterocycles. The Labute approximate surface area is 99.2 Å². The fourth-order valence-corrected chi connectivity index (χ4v) is 2.20. The molecule has 2 aromatic heterocycles. The van der Waals surface area contributed by atoms with Crippen molar-refractivity contribution >= 4 is 11.6 Å². The van der Waals surface area contributed by atoms with Gasteiger partial charge in [-0.2, -0.15) is 0 Å². The number of esters is 1. The molecule has 4 heteroatoms. The van der Waals surface area contributed by atoms with Crippen molar-refractivity contribution < 1.29 is 9.53 Å². The molecule has 1 aliphatic rings. The molecule has 0 radical (unpaired) electrons. The Hall–Kier alpha value is -1.84. The number of methoxy groups -OCH3 is 1. The lowest BCUT2D eigenvalue weighted by molar-refractivity contribution is 0.0602. The largest absolute Gasteiger partial charge is 0.465 e. The van der Waals surface area contributed by atoms with Crippen molar-refractivity contribution in [2.75, 3.05) is 7.11 Å². The second-order valence-electron chi connectivity index (χ2n) is 4.44. The third-order valence-corrected chi connectivity index (χ3v) is 3.43. The van der Waals surface area contributed by atoms with Crippen LogP contribution in [0.3, 0.4) is 0 Å². The summed E-state index contributed by atoms with van der Waals surface area (Å²) < 4.78 is 6.66. The number of carbonyl (C=O) groups excluding carboxylic acids is 1. The number of rotatable bonds is 2. The van der Waals surface area contributed by atoms with Crippen LogP contribution in [0, 0.1) is 0 Å². The van der Waals surface area contributed by atoms with Gasteiger partial charge in [0.2, 0.25) is 0 Å². The maximum absolute atomic E-state index is 11.6. The minimum absolute atomic E-state index is 0.332. The zero-order chi connectivity index (χ0) is 11.8. The molecule has 3 rings (SSSR count). The fourth-order valence-electron chi connectivity index (χ4n) is 2.20. The third kappa shape index (κ3) is 1.60.